The van der Waals surface area contributed by atoms with Crippen molar-refractivity contribution in [3.05, 3.63) is 47.1 Å². The molecule has 2 aromatic rings. The molecule has 0 radical (unpaired) electrons. The van der Waals surface area contributed by atoms with E-state index in [1.54, 1.807) is 0 Å². The summed E-state index contributed by atoms with van der Waals surface area (Å²) in [5, 5.41) is 7.44. The summed E-state index contributed by atoms with van der Waals surface area (Å²) < 4.78 is 5.35. The van der Waals surface area contributed by atoms with Crippen LogP contribution in [0.2, 0.25) is 0 Å². The SMILES string of the molecule is CC(C)Cc1ccc(C(=O)CCc2nc(C3CNCCN3C)no2)cc1.Cl. The minimum atomic E-state index is 0. The van der Waals surface area contributed by atoms with Gasteiger partial charge in [-0.2, -0.15) is 4.98 Å². The van der Waals surface area contributed by atoms with Crippen LogP contribution >= 0.6 is 12.4 Å². The molecular weight excluding hydrogens is 364 g/mol. The van der Waals surface area contributed by atoms with Crippen molar-refractivity contribution in [2.45, 2.75) is 39.2 Å². The van der Waals surface area contributed by atoms with E-state index in [4.69, 9.17) is 4.52 Å². The predicted octanol–water partition coefficient (Wildman–Crippen LogP) is 3.08. The molecule has 1 atom stereocenters. The van der Waals surface area contributed by atoms with Gasteiger partial charge < -0.3 is 9.84 Å². The first-order chi connectivity index (χ1) is 12.5. The van der Waals surface area contributed by atoms with Crippen LogP contribution in [0.4, 0.5) is 0 Å². The van der Waals surface area contributed by atoms with Crippen molar-refractivity contribution >= 4 is 18.2 Å². The van der Waals surface area contributed by atoms with Gasteiger partial charge in [-0.15, -0.1) is 12.4 Å². The van der Waals surface area contributed by atoms with Gasteiger partial charge in [0.25, 0.3) is 0 Å². The monoisotopic (exact) mass is 392 g/mol. The number of nitrogens with one attached hydrogen (secondary N) is 1. The molecule has 1 aliphatic rings. The summed E-state index contributed by atoms with van der Waals surface area (Å²) in [6.07, 6.45) is 1.89. The minimum absolute atomic E-state index is 0. The summed E-state index contributed by atoms with van der Waals surface area (Å²) in [6, 6.07) is 8.06. The summed E-state index contributed by atoms with van der Waals surface area (Å²) in [7, 11) is 2.06. The molecule has 27 heavy (non-hydrogen) atoms. The van der Waals surface area contributed by atoms with Crippen LogP contribution in [0, 0.1) is 5.92 Å². The lowest BCUT2D eigenvalue weighted by atomic mass is 9.99. The molecule has 1 saturated heterocycles. The number of halogens is 1. The number of aryl methyl sites for hydroxylation is 1. The lowest BCUT2D eigenvalue weighted by Crippen LogP contribution is -2.44. The largest absolute Gasteiger partial charge is 0.339 e. The topological polar surface area (TPSA) is 71.3 Å². The second-order valence-electron chi connectivity index (χ2n) is 7.46. The van der Waals surface area contributed by atoms with Crippen LogP contribution in [-0.2, 0) is 12.8 Å². The van der Waals surface area contributed by atoms with Crippen LogP contribution in [0.15, 0.2) is 28.8 Å². The molecule has 1 aliphatic heterocycles. The van der Waals surface area contributed by atoms with Crippen LogP contribution in [0.25, 0.3) is 0 Å². The number of aromatic nitrogens is 2. The zero-order valence-electron chi connectivity index (χ0n) is 16.3. The first-order valence-electron chi connectivity index (χ1n) is 9.38. The van der Waals surface area contributed by atoms with E-state index in [0.29, 0.717) is 30.5 Å². The Hall–Kier alpha value is -1.76. The van der Waals surface area contributed by atoms with Crippen molar-refractivity contribution in [3.8, 4) is 0 Å². The number of carbonyl (C=O) groups excluding carboxylic acids is 1. The van der Waals surface area contributed by atoms with Gasteiger partial charge in [-0.3, -0.25) is 9.69 Å². The van der Waals surface area contributed by atoms with E-state index in [1.165, 1.54) is 5.56 Å². The smallest absolute Gasteiger partial charge is 0.227 e. The van der Waals surface area contributed by atoms with E-state index in [2.05, 4.69) is 41.3 Å². The number of likely N-dealkylation sites (N-methyl/N-ethyl adjacent to an activating group) is 1. The van der Waals surface area contributed by atoms with Gasteiger partial charge >= 0.3 is 0 Å². The second kappa shape index (κ2) is 9.97. The van der Waals surface area contributed by atoms with Crippen LogP contribution in [0.3, 0.4) is 0 Å². The Morgan fingerprint density at radius 2 is 2.07 bits per heavy atom. The lowest BCUT2D eigenvalue weighted by Gasteiger charge is -2.30. The summed E-state index contributed by atoms with van der Waals surface area (Å²) in [6.45, 7) is 7.14. The average Bonchev–Trinajstić information content (AvgIpc) is 3.09. The number of rotatable bonds is 7. The normalized spacial score (nSPS) is 17.7. The summed E-state index contributed by atoms with van der Waals surface area (Å²) in [4.78, 5) is 19.1. The van der Waals surface area contributed by atoms with Crippen LogP contribution in [-0.4, -0.2) is 47.5 Å². The molecule has 7 heteroatoms. The number of nitrogens with zero attached hydrogens (tertiary/aromatic N) is 3. The number of hydrogen-bond acceptors (Lipinski definition) is 6. The quantitative estimate of drug-likeness (QED) is 0.730. The van der Waals surface area contributed by atoms with Gasteiger partial charge in [0.15, 0.2) is 11.6 Å². The Bertz CT molecular complexity index is 730. The summed E-state index contributed by atoms with van der Waals surface area (Å²) in [5.41, 5.74) is 2.01. The van der Waals surface area contributed by atoms with E-state index >= 15 is 0 Å². The molecule has 148 valence electrons. The highest BCUT2D eigenvalue weighted by Gasteiger charge is 2.25. The zero-order chi connectivity index (χ0) is 18.5. The third kappa shape index (κ3) is 5.86. The fourth-order valence-corrected chi connectivity index (χ4v) is 3.26. The molecule has 2 heterocycles. The van der Waals surface area contributed by atoms with E-state index in [1.807, 2.05) is 24.3 Å². The lowest BCUT2D eigenvalue weighted by molar-refractivity contribution is 0.0979. The summed E-state index contributed by atoms with van der Waals surface area (Å²) in [5.74, 6) is 1.95. The molecule has 1 fully saturated rings. The van der Waals surface area contributed by atoms with Crippen molar-refractivity contribution in [1.29, 1.82) is 0 Å². The summed E-state index contributed by atoms with van der Waals surface area (Å²) >= 11 is 0. The molecule has 0 aliphatic carbocycles. The van der Waals surface area contributed by atoms with Gasteiger partial charge in [0, 0.05) is 38.0 Å². The standard InChI is InChI=1S/C20H28N4O2.ClH/c1-14(2)12-15-4-6-16(7-5-15)18(25)8-9-19-22-20(23-26-19)17-13-21-10-11-24(17)3;/h4-7,14,17,21H,8-13H2,1-3H3;1H. The molecule has 6 nitrogen and oxygen atoms in total. The molecule has 0 spiro atoms. The Morgan fingerprint density at radius 1 is 1.33 bits per heavy atom. The van der Waals surface area contributed by atoms with Crippen molar-refractivity contribution in [3.63, 3.8) is 0 Å². The Morgan fingerprint density at radius 3 is 2.74 bits per heavy atom. The van der Waals surface area contributed by atoms with Gasteiger partial charge in [0.1, 0.15) is 0 Å². The van der Waals surface area contributed by atoms with Gasteiger partial charge in [-0.05, 0) is 24.9 Å². The molecule has 0 saturated carbocycles. The van der Waals surface area contributed by atoms with Crippen molar-refractivity contribution < 1.29 is 9.32 Å². The number of piperazine rings is 1. The highest BCUT2D eigenvalue weighted by atomic mass is 35.5. The molecule has 1 aromatic heterocycles. The fraction of sp³-hybridized carbons (Fsp3) is 0.550. The number of Topliss-reactive ketones (excluding diaryl/α,β-unsaturated/α-hetero) is 1. The minimum Gasteiger partial charge on any atom is -0.339 e. The molecule has 1 N–H and O–H groups in total. The highest BCUT2D eigenvalue weighted by Crippen LogP contribution is 2.18. The number of hydrogen-bond donors (Lipinski definition) is 1. The highest BCUT2D eigenvalue weighted by molar-refractivity contribution is 5.96. The van der Waals surface area contributed by atoms with Crippen LogP contribution in [0.1, 0.15) is 53.9 Å². The second-order valence-corrected chi connectivity index (χ2v) is 7.46. The average molecular weight is 393 g/mol. The van der Waals surface area contributed by atoms with Gasteiger partial charge in [-0.25, -0.2) is 0 Å². The molecule has 1 aromatic carbocycles. The molecular formula is C20H29ClN4O2. The number of benzene rings is 1. The third-order valence-electron chi connectivity index (χ3n) is 4.78. The maximum atomic E-state index is 12.4. The van der Waals surface area contributed by atoms with Crippen LogP contribution in [0.5, 0.6) is 0 Å². The maximum Gasteiger partial charge on any atom is 0.227 e. The van der Waals surface area contributed by atoms with E-state index in [0.717, 1.165) is 31.6 Å². The third-order valence-corrected chi connectivity index (χ3v) is 4.78. The van der Waals surface area contributed by atoms with Gasteiger partial charge in [-0.1, -0.05) is 43.3 Å². The molecule has 3 rings (SSSR count). The Labute approximate surface area is 167 Å². The molecule has 1 unspecified atom stereocenters. The fourth-order valence-electron chi connectivity index (χ4n) is 3.26. The van der Waals surface area contributed by atoms with E-state index in [-0.39, 0.29) is 24.2 Å². The first kappa shape index (κ1) is 21.5. The van der Waals surface area contributed by atoms with Crippen molar-refractivity contribution in [2.24, 2.45) is 5.92 Å². The maximum absolute atomic E-state index is 12.4. The predicted molar refractivity (Wildman–Crippen MR) is 107 cm³/mol. The van der Waals surface area contributed by atoms with Gasteiger partial charge in [0.2, 0.25) is 5.89 Å². The first-order valence-corrected chi connectivity index (χ1v) is 9.38. The number of ketones is 1. The van der Waals surface area contributed by atoms with Gasteiger partial charge in [0.05, 0.1) is 6.04 Å². The Balaban J connectivity index is 0.00000261. The molecule has 0 amide bonds. The molecule has 0 bridgehead atoms. The number of carbonyl (C=O) groups is 1. The van der Waals surface area contributed by atoms with E-state index < -0.39 is 0 Å². The van der Waals surface area contributed by atoms with Crippen molar-refractivity contribution in [2.75, 3.05) is 26.7 Å². The zero-order valence-corrected chi connectivity index (χ0v) is 17.1. The Kier molecular flexibility index (Phi) is 7.95. The van der Waals surface area contributed by atoms with Crippen LogP contribution < -0.4 is 5.32 Å². The van der Waals surface area contributed by atoms with Crippen molar-refractivity contribution in [1.82, 2.24) is 20.4 Å². The van der Waals surface area contributed by atoms with E-state index in [9.17, 15) is 4.79 Å².